The monoisotopic (exact) mass is 250 g/mol. The molecule has 0 saturated heterocycles. The van der Waals surface area contributed by atoms with Crippen LogP contribution in [0.25, 0.3) is 0 Å². The van der Waals surface area contributed by atoms with Gasteiger partial charge in [0.1, 0.15) is 0 Å². The minimum absolute atomic E-state index is 0. The molecule has 0 bridgehead atoms. The third-order valence-electron chi connectivity index (χ3n) is 3.77. The number of rotatable bonds is 4. The van der Waals surface area contributed by atoms with Gasteiger partial charge in [-0.3, -0.25) is 0 Å². The maximum Gasteiger partial charge on any atom is 0.503 e. The summed E-state index contributed by atoms with van der Waals surface area (Å²) in [7, 11) is 2.72. The Bertz CT molecular complexity index is 177. The number of hydrogen-bond donors (Lipinski definition) is 0. The zero-order valence-electron chi connectivity index (χ0n) is 9.87. The molecule has 1 aliphatic rings. The minimum Gasteiger partial charge on any atom is -0.377 e. The maximum atomic E-state index is 5.53. The molecule has 0 aliphatic heterocycles. The van der Waals surface area contributed by atoms with Gasteiger partial charge in [0.15, 0.2) is 0 Å². The summed E-state index contributed by atoms with van der Waals surface area (Å²) in [6.45, 7) is 4.58. The highest BCUT2D eigenvalue weighted by Crippen LogP contribution is 2.46. The first-order chi connectivity index (χ1) is 6.61. The van der Waals surface area contributed by atoms with Gasteiger partial charge in [-0.25, -0.2) is 0 Å². The Labute approximate surface area is 98.9 Å². The third-order valence-corrected chi connectivity index (χ3v) is 7.20. The van der Waals surface area contributed by atoms with Gasteiger partial charge in [0.2, 0.25) is 0 Å². The SMILES string of the molecule is CO[Si](OC)(OC)C1CCC(C)C1C.[SiH4]. The minimum atomic E-state index is -2.39. The van der Waals surface area contributed by atoms with Crippen LogP contribution in [0.1, 0.15) is 26.7 Å². The summed E-state index contributed by atoms with van der Waals surface area (Å²) in [5, 5.41) is 0. The van der Waals surface area contributed by atoms with E-state index >= 15 is 0 Å². The Morgan fingerprint density at radius 1 is 0.933 bits per heavy atom. The second kappa shape index (κ2) is 6.15. The first-order valence-electron chi connectivity index (χ1n) is 5.26. The van der Waals surface area contributed by atoms with Gasteiger partial charge in [0, 0.05) is 26.9 Å². The van der Waals surface area contributed by atoms with E-state index in [4.69, 9.17) is 13.3 Å². The van der Waals surface area contributed by atoms with Crippen molar-refractivity contribution in [2.45, 2.75) is 32.2 Å². The molecule has 0 heterocycles. The smallest absolute Gasteiger partial charge is 0.377 e. The van der Waals surface area contributed by atoms with Gasteiger partial charge in [-0.2, -0.15) is 0 Å². The van der Waals surface area contributed by atoms with Crippen LogP contribution < -0.4 is 0 Å². The second-order valence-corrected chi connectivity index (χ2v) is 7.41. The van der Waals surface area contributed by atoms with Gasteiger partial charge in [0.25, 0.3) is 0 Å². The van der Waals surface area contributed by atoms with Crippen molar-refractivity contribution in [3.05, 3.63) is 0 Å². The van der Waals surface area contributed by atoms with E-state index < -0.39 is 8.80 Å². The van der Waals surface area contributed by atoms with Crippen molar-refractivity contribution >= 4 is 19.8 Å². The molecule has 15 heavy (non-hydrogen) atoms. The lowest BCUT2D eigenvalue weighted by Crippen LogP contribution is -2.48. The molecule has 3 atom stereocenters. The van der Waals surface area contributed by atoms with Crippen LogP contribution in [0.5, 0.6) is 0 Å². The quantitative estimate of drug-likeness (QED) is 0.693. The van der Waals surface area contributed by atoms with E-state index in [1.807, 2.05) is 0 Å². The fraction of sp³-hybridized carbons (Fsp3) is 1.00. The highest BCUT2D eigenvalue weighted by molar-refractivity contribution is 6.62. The van der Waals surface area contributed by atoms with Crippen LogP contribution in [-0.2, 0) is 13.3 Å². The van der Waals surface area contributed by atoms with Crippen molar-refractivity contribution in [2.75, 3.05) is 21.3 Å². The molecule has 1 rings (SSSR count). The Kier molecular flexibility index (Phi) is 6.28. The van der Waals surface area contributed by atoms with E-state index in [1.54, 1.807) is 21.3 Å². The fourth-order valence-electron chi connectivity index (χ4n) is 2.57. The fourth-order valence-corrected chi connectivity index (χ4v) is 5.47. The molecule has 0 aromatic heterocycles. The normalized spacial score (nSPS) is 31.4. The molecule has 0 aromatic carbocycles. The van der Waals surface area contributed by atoms with E-state index in [2.05, 4.69) is 13.8 Å². The topological polar surface area (TPSA) is 27.7 Å². The summed E-state index contributed by atoms with van der Waals surface area (Å²) in [5.74, 6) is 1.40. The summed E-state index contributed by atoms with van der Waals surface area (Å²) in [6.07, 6.45) is 2.43. The average Bonchev–Trinajstić information content (AvgIpc) is 2.54. The zero-order chi connectivity index (χ0) is 10.8. The summed E-state index contributed by atoms with van der Waals surface area (Å²) in [4.78, 5) is 0. The highest BCUT2D eigenvalue weighted by atomic mass is 28.4. The first-order valence-corrected chi connectivity index (χ1v) is 7.07. The van der Waals surface area contributed by atoms with Crippen LogP contribution in [0.4, 0.5) is 0 Å². The van der Waals surface area contributed by atoms with Crippen LogP contribution in [-0.4, -0.2) is 41.1 Å². The predicted molar refractivity (Wildman–Crippen MR) is 69.4 cm³/mol. The van der Waals surface area contributed by atoms with Crippen molar-refractivity contribution in [3.63, 3.8) is 0 Å². The maximum absolute atomic E-state index is 5.53. The van der Waals surface area contributed by atoms with Crippen LogP contribution in [0.15, 0.2) is 0 Å². The molecule has 3 nitrogen and oxygen atoms in total. The molecular weight excluding hydrogens is 224 g/mol. The largest absolute Gasteiger partial charge is 0.503 e. The second-order valence-electron chi connectivity index (χ2n) is 4.24. The van der Waals surface area contributed by atoms with Crippen molar-refractivity contribution < 1.29 is 13.3 Å². The van der Waals surface area contributed by atoms with Crippen LogP contribution in [0.2, 0.25) is 5.54 Å². The Morgan fingerprint density at radius 2 is 1.40 bits per heavy atom. The Balaban J connectivity index is 0.00000196. The standard InChI is InChI=1S/C10H22O3Si.H4Si/c1-8-6-7-10(9(8)2)14(11-3,12-4)13-5;/h8-10H,6-7H2,1-5H3;1H4. The Morgan fingerprint density at radius 3 is 1.67 bits per heavy atom. The van der Waals surface area contributed by atoms with Crippen LogP contribution in [0, 0.1) is 11.8 Å². The van der Waals surface area contributed by atoms with Gasteiger partial charge in [-0.1, -0.05) is 20.3 Å². The van der Waals surface area contributed by atoms with Crippen molar-refractivity contribution in [3.8, 4) is 0 Å². The van der Waals surface area contributed by atoms with Gasteiger partial charge < -0.3 is 13.3 Å². The van der Waals surface area contributed by atoms with Crippen molar-refractivity contribution in [2.24, 2.45) is 11.8 Å². The van der Waals surface area contributed by atoms with E-state index in [0.29, 0.717) is 11.5 Å². The molecule has 0 aromatic rings. The van der Waals surface area contributed by atoms with Crippen LogP contribution in [0.3, 0.4) is 0 Å². The number of hydrogen-bond acceptors (Lipinski definition) is 3. The lowest BCUT2D eigenvalue weighted by molar-refractivity contribution is 0.104. The summed E-state index contributed by atoms with van der Waals surface area (Å²) >= 11 is 0. The zero-order valence-corrected chi connectivity index (χ0v) is 10.9. The van der Waals surface area contributed by atoms with Gasteiger partial charge >= 0.3 is 8.80 Å². The van der Waals surface area contributed by atoms with Crippen molar-refractivity contribution in [1.29, 1.82) is 0 Å². The molecule has 1 fully saturated rings. The van der Waals surface area contributed by atoms with E-state index in [0.717, 1.165) is 5.92 Å². The summed E-state index contributed by atoms with van der Waals surface area (Å²) < 4.78 is 16.6. The molecule has 3 unspecified atom stereocenters. The highest BCUT2D eigenvalue weighted by Gasteiger charge is 2.52. The molecule has 5 heteroatoms. The molecule has 1 aliphatic carbocycles. The van der Waals surface area contributed by atoms with Gasteiger partial charge in [0.05, 0.1) is 0 Å². The van der Waals surface area contributed by atoms with E-state index in [1.165, 1.54) is 12.8 Å². The van der Waals surface area contributed by atoms with Crippen LogP contribution >= 0.6 is 0 Å². The lowest BCUT2D eigenvalue weighted by Gasteiger charge is -2.33. The van der Waals surface area contributed by atoms with Gasteiger partial charge in [-0.15, -0.1) is 0 Å². The molecule has 0 spiro atoms. The molecule has 0 N–H and O–H groups in total. The average molecular weight is 250 g/mol. The molecule has 1 saturated carbocycles. The lowest BCUT2D eigenvalue weighted by atomic mass is 10.0. The van der Waals surface area contributed by atoms with Crippen molar-refractivity contribution in [1.82, 2.24) is 0 Å². The van der Waals surface area contributed by atoms with E-state index in [-0.39, 0.29) is 11.0 Å². The summed E-state index contributed by atoms with van der Waals surface area (Å²) in [6, 6.07) is 0. The molecule has 0 radical (unpaired) electrons. The third kappa shape index (κ3) is 2.71. The molecular formula is C10H26O3Si2. The predicted octanol–water partition coefficient (Wildman–Crippen LogP) is 0.849. The first kappa shape index (κ1) is 15.3. The van der Waals surface area contributed by atoms with E-state index in [9.17, 15) is 0 Å². The van der Waals surface area contributed by atoms with Gasteiger partial charge in [-0.05, 0) is 29.2 Å². The molecule has 92 valence electrons. The molecule has 0 amide bonds. The summed E-state index contributed by atoms with van der Waals surface area (Å²) in [5.41, 5.74) is 0.470. The Hall–Kier alpha value is 0.314.